The minimum absolute atomic E-state index is 0.0855. The van der Waals surface area contributed by atoms with Gasteiger partial charge in [-0.05, 0) is 24.6 Å². The zero-order chi connectivity index (χ0) is 21.3. The maximum atomic E-state index is 13.1. The average Bonchev–Trinajstić information content (AvgIpc) is 3.46. The van der Waals surface area contributed by atoms with Crippen molar-refractivity contribution in [3.05, 3.63) is 65.4 Å². The second-order valence-corrected chi connectivity index (χ2v) is 8.67. The van der Waals surface area contributed by atoms with Crippen LogP contribution in [-0.2, 0) is 11.8 Å². The number of amides is 1. The number of carbonyl (C=O) groups excluding carboxylic acids is 1. The van der Waals surface area contributed by atoms with Crippen molar-refractivity contribution in [1.82, 2.24) is 19.8 Å². The molecule has 8 heteroatoms. The van der Waals surface area contributed by atoms with E-state index in [0.717, 1.165) is 28.0 Å². The number of hydrogen-bond acceptors (Lipinski definition) is 6. The van der Waals surface area contributed by atoms with Crippen molar-refractivity contribution in [2.24, 2.45) is 12.1 Å². The summed E-state index contributed by atoms with van der Waals surface area (Å²) in [7, 11) is 1.93. The first-order valence-electron chi connectivity index (χ1n) is 9.96. The molecule has 156 valence electrons. The van der Waals surface area contributed by atoms with Crippen LogP contribution in [0.1, 0.15) is 54.9 Å². The molecule has 0 saturated carbocycles. The predicted octanol–water partition coefficient (Wildman–Crippen LogP) is 4.31. The maximum Gasteiger partial charge on any atom is 0.253 e. The van der Waals surface area contributed by atoms with Crippen molar-refractivity contribution in [3.8, 4) is 0 Å². The molecule has 1 aromatic carbocycles. The van der Waals surface area contributed by atoms with Crippen molar-refractivity contribution in [3.63, 3.8) is 0 Å². The number of furan rings is 1. The molecule has 4 rings (SSSR count). The zero-order valence-corrected chi connectivity index (χ0v) is 18.4. The van der Waals surface area contributed by atoms with Gasteiger partial charge < -0.3 is 8.98 Å². The molecule has 1 unspecified atom stereocenters. The van der Waals surface area contributed by atoms with Gasteiger partial charge in [0.25, 0.3) is 5.91 Å². The quantitative estimate of drug-likeness (QED) is 0.552. The van der Waals surface area contributed by atoms with E-state index in [1.165, 1.54) is 17.3 Å². The Kier molecular flexibility index (Phi) is 5.76. The van der Waals surface area contributed by atoms with Crippen LogP contribution in [-0.4, -0.2) is 37.1 Å². The monoisotopic (exact) mass is 423 g/mol. The number of nitrogens with zero attached hydrogens (tertiary/aromatic N) is 5. The second kappa shape index (κ2) is 8.47. The fraction of sp³-hybridized carbons (Fsp3) is 0.364. The summed E-state index contributed by atoms with van der Waals surface area (Å²) in [6.45, 7) is 6.20. The lowest BCUT2D eigenvalue weighted by atomic mass is 10.0. The van der Waals surface area contributed by atoms with E-state index in [2.05, 4.69) is 48.2 Å². The molecule has 0 bridgehead atoms. The number of aryl methyl sites for hydroxylation is 1. The Morgan fingerprint density at radius 1 is 1.23 bits per heavy atom. The van der Waals surface area contributed by atoms with Gasteiger partial charge >= 0.3 is 0 Å². The van der Waals surface area contributed by atoms with E-state index in [-0.39, 0.29) is 23.6 Å². The van der Waals surface area contributed by atoms with Crippen LogP contribution in [0.15, 0.2) is 57.3 Å². The highest BCUT2D eigenvalue weighted by Crippen LogP contribution is 2.34. The summed E-state index contributed by atoms with van der Waals surface area (Å²) in [5.41, 5.74) is 3.10. The highest BCUT2D eigenvalue weighted by atomic mass is 32.2. The Bertz CT molecular complexity index is 1050. The average molecular weight is 424 g/mol. The molecule has 0 radical (unpaired) electrons. The molecule has 30 heavy (non-hydrogen) atoms. The van der Waals surface area contributed by atoms with E-state index >= 15 is 0 Å². The molecule has 1 atom stereocenters. The van der Waals surface area contributed by atoms with Gasteiger partial charge in [-0.3, -0.25) is 4.79 Å². The van der Waals surface area contributed by atoms with Crippen molar-refractivity contribution >= 4 is 23.4 Å². The summed E-state index contributed by atoms with van der Waals surface area (Å²) in [6.07, 6.45) is 2.25. The van der Waals surface area contributed by atoms with E-state index in [9.17, 15) is 4.79 Å². The highest BCUT2D eigenvalue weighted by Gasteiger charge is 2.35. The third-order valence-corrected chi connectivity index (χ3v) is 6.14. The number of benzene rings is 1. The van der Waals surface area contributed by atoms with Gasteiger partial charge in [-0.2, -0.15) is 5.10 Å². The molecule has 1 amide bonds. The van der Waals surface area contributed by atoms with Crippen molar-refractivity contribution < 1.29 is 9.21 Å². The van der Waals surface area contributed by atoms with Crippen LogP contribution in [0.5, 0.6) is 0 Å². The van der Waals surface area contributed by atoms with E-state index in [1.54, 1.807) is 11.3 Å². The van der Waals surface area contributed by atoms with E-state index < -0.39 is 0 Å². The van der Waals surface area contributed by atoms with Gasteiger partial charge in [0.05, 0.1) is 17.7 Å². The third-order valence-electron chi connectivity index (χ3n) is 5.13. The number of rotatable bonds is 6. The molecule has 2 aromatic heterocycles. The molecular formula is C22H25N5O2S. The molecular weight excluding hydrogens is 398 g/mol. The first-order valence-corrected chi connectivity index (χ1v) is 10.9. The van der Waals surface area contributed by atoms with Gasteiger partial charge in [0, 0.05) is 19.4 Å². The fourth-order valence-corrected chi connectivity index (χ4v) is 4.28. The summed E-state index contributed by atoms with van der Waals surface area (Å²) in [5, 5.41) is 15.4. The number of hydrogen-bond donors (Lipinski definition) is 0. The minimum atomic E-state index is -0.241. The Balaban J connectivity index is 1.54. The van der Waals surface area contributed by atoms with Crippen molar-refractivity contribution in [2.75, 3.05) is 5.75 Å². The van der Waals surface area contributed by atoms with Crippen LogP contribution in [0, 0.1) is 6.92 Å². The molecule has 0 N–H and O–H groups in total. The summed E-state index contributed by atoms with van der Waals surface area (Å²) in [6, 6.07) is 11.7. The SMILES string of the molecule is Cc1ccc(C2=NN(C(=O)CSc3nnc(C(C)C)n3C)C(c3ccco3)C2)cc1. The molecule has 1 aliphatic rings. The van der Waals surface area contributed by atoms with E-state index in [4.69, 9.17) is 4.42 Å². The molecule has 0 saturated heterocycles. The number of hydrazone groups is 1. The van der Waals surface area contributed by atoms with E-state index in [1.807, 2.05) is 35.9 Å². The Hall–Kier alpha value is -2.87. The van der Waals surface area contributed by atoms with Gasteiger partial charge in [0.15, 0.2) is 5.16 Å². The topological polar surface area (TPSA) is 76.5 Å². The van der Waals surface area contributed by atoms with Gasteiger partial charge in [-0.1, -0.05) is 55.4 Å². The molecule has 1 aliphatic heterocycles. The predicted molar refractivity (Wildman–Crippen MR) is 116 cm³/mol. The van der Waals surface area contributed by atoms with Crippen LogP contribution in [0.4, 0.5) is 0 Å². The smallest absolute Gasteiger partial charge is 0.253 e. The van der Waals surface area contributed by atoms with Crippen LogP contribution in [0.25, 0.3) is 0 Å². The number of carbonyl (C=O) groups is 1. The standard InChI is InChI=1S/C22H25N5O2S/c1-14(2)21-23-24-22(26(21)4)30-13-20(28)27-18(19-6-5-11-29-19)12-17(25-27)16-9-7-15(3)8-10-16/h5-11,14,18H,12-13H2,1-4H3. The lowest BCUT2D eigenvalue weighted by molar-refractivity contribution is -0.130. The third kappa shape index (κ3) is 4.05. The summed E-state index contributed by atoms with van der Waals surface area (Å²) in [4.78, 5) is 13.1. The van der Waals surface area contributed by atoms with Gasteiger partial charge in [0.1, 0.15) is 17.6 Å². The Morgan fingerprint density at radius 3 is 2.63 bits per heavy atom. The lowest BCUT2D eigenvalue weighted by Crippen LogP contribution is -2.28. The van der Waals surface area contributed by atoms with Crippen LogP contribution < -0.4 is 0 Å². The molecule has 0 aliphatic carbocycles. The highest BCUT2D eigenvalue weighted by molar-refractivity contribution is 7.99. The lowest BCUT2D eigenvalue weighted by Gasteiger charge is -2.19. The molecule has 0 spiro atoms. The maximum absolute atomic E-state index is 13.1. The Labute approximate surface area is 180 Å². The first-order chi connectivity index (χ1) is 14.4. The molecule has 3 aromatic rings. The zero-order valence-electron chi connectivity index (χ0n) is 17.6. The summed E-state index contributed by atoms with van der Waals surface area (Å²) in [5.74, 6) is 2.05. The largest absolute Gasteiger partial charge is 0.467 e. The van der Waals surface area contributed by atoms with Crippen LogP contribution >= 0.6 is 11.8 Å². The normalized spacial score (nSPS) is 16.4. The van der Waals surface area contributed by atoms with Crippen LogP contribution in [0.2, 0.25) is 0 Å². The first kappa shape index (κ1) is 20.4. The van der Waals surface area contributed by atoms with Gasteiger partial charge in [0.2, 0.25) is 0 Å². The molecule has 7 nitrogen and oxygen atoms in total. The number of thioether (sulfide) groups is 1. The van der Waals surface area contributed by atoms with Crippen LogP contribution in [0.3, 0.4) is 0 Å². The van der Waals surface area contributed by atoms with E-state index in [0.29, 0.717) is 6.42 Å². The van der Waals surface area contributed by atoms with Gasteiger partial charge in [-0.15, -0.1) is 10.2 Å². The number of aromatic nitrogens is 3. The fourth-order valence-electron chi connectivity index (χ4n) is 3.51. The summed E-state index contributed by atoms with van der Waals surface area (Å²) < 4.78 is 7.55. The van der Waals surface area contributed by atoms with Crippen molar-refractivity contribution in [2.45, 2.75) is 44.3 Å². The molecule has 0 fully saturated rings. The van der Waals surface area contributed by atoms with Gasteiger partial charge in [-0.25, -0.2) is 5.01 Å². The van der Waals surface area contributed by atoms with Crippen molar-refractivity contribution in [1.29, 1.82) is 0 Å². The Morgan fingerprint density at radius 2 is 2.00 bits per heavy atom. The minimum Gasteiger partial charge on any atom is -0.467 e. The summed E-state index contributed by atoms with van der Waals surface area (Å²) >= 11 is 1.38. The second-order valence-electron chi connectivity index (χ2n) is 7.73. The molecule has 3 heterocycles.